The number of hydrogen-bond acceptors (Lipinski definition) is 2. The highest BCUT2D eigenvalue weighted by Crippen LogP contribution is 2.16. The maximum Gasteiger partial charge on any atom is 0.253 e. The molecule has 2 N–H and O–H groups in total. The van der Waals surface area contributed by atoms with Crippen molar-refractivity contribution in [1.29, 1.82) is 0 Å². The number of nitrogens with one attached hydrogen (secondary N) is 2. The third-order valence-corrected chi connectivity index (χ3v) is 2.30. The molecule has 1 aliphatic heterocycles. The molecular weight excluding hydrogens is 209 g/mol. The van der Waals surface area contributed by atoms with Gasteiger partial charge in [0.25, 0.3) is 5.91 Å². The summed E-state index contributed by atoms with van der Waals surface area (Å²) < 4.78 is 12.7. The minimum absolute atomic E-state index is 0.168. The van der Waals surface area contributed by atoms with Crippen LogP contribution < -0.4 is 10.6 Å². The maximum absolute atomic E-state index is 12.7. The van der Waals surface area contributed by atoms with E-state index in [4.69, 9.17) is 0 Å². The van der Waals surface area contributed by atoms with Crippen molar-refractivity contribution >= 4 is 11.9 Å². The Morgan fingerprint density at radius 1 is 1.38 bits per heavy atom. The highest BCUT2D eigenvalue weighted by atomic mass is 19.1. The van der Waals surface area contributed by atoms with Crippen LogP contribution in [-0.4, -0.2) is 18.4 Å². The van der Waals surface area contributed by atoms with Crippen molar-refractivity contribution in [2.75, 3.05) is 6.54 Å². The molecule has 1 atom stereocenters. The minimum Gasteiger partial charge on any atom is -0.340 e. The Balaban J connectivity index is 2.20. The summed E-state index contributed by atoms with van der Waals surface area (Å²) in [6.07, 6.45) is 0. The van der Waals surface area contributed by atoms with Crippen LogP contribution >= 0.6 is 0 Å². The van der Waals surface area contributed by atoms with E-state index in [0.29, 0.717) is 12.5 Å². The van der Waals surface area contributed by atoms with Crippen molar-refractivity contribution in [2.24, 2.45) is 4.99 Å². The van der Waals surface area contributed by atoms with Gasteiger partial charge in [-0.1, -0.05) is 12.1 Å². The number of halogens is 1. The highest BCUT2D eigenvalue weighted by molar-refractivity contribution is 6.06. The number of carbonyl (C=O) groups is 1. The van der Waals surface area contributed by atoms with Crippen LogP contribution in [0.4, 0.5) is 4.39 Å². The van der Waals surface area contributed by atoms with Crippen LogP contribution in [0.5, 0.6) is 0 Å². The molecular formula is C11H12FN3O. The Labute approximate surface area is 92.6 Å². The molecule has 1 amide bonds. The van der Waals surface area contributed by atoms with Gasteiger partial charge in [-0.05, 0) is 24.6 Å². The number of carbonyl (C=O) groups excluding carboxylic acids is 1. The first-order valence-corrected chi connectivity index (χ1v) is 5.08. The number of aliphatic imine (C=N–C) groups is 1. The zero-order valence-corrected chi connectivity index (χ0v) is 8.83. The monoisotopic (exact) mass is 221 g/mol. The standard InChI is InChI=1S/C11H12FN3O/c1-2-13-11-14-9(10(16)15-11)7-3-5-8(12)6-4-7/h3-6,9H,2H2,1H3,(H2,13,14,15,16). The van der Waals surface area contributed by atoms with Crippen LogP contribution in [0.1, 0.15) is 18.5 Å². The van der Waals surface area contributed by atoms with E-state index in [2.05, 4.69) is 15.6 Å². The lowest BCUT2D eigenvalue weighted by Gasteiger charge is -2.07. The summed E-state index contributed by atoms with van der Waals surface area (Å²) in [5, 5.41) is 5.57. The molecule has 0 radical (unpaired) electrons. The van der Waals surface area contributed by atoms with Crippen LogP contribution in [-0.2, 0) is 4.79 Å². The lowest BCUT2D eigenvalue weighted by molar-refractivity contribution is -0.120. The third-order valence-electron chi connectivity index (χ3n) is 2.30. The summed E-state index contributed by atoms with van der Waals surface area (Å²) in [5.74, 6) is -0.00904. The summed E-state index contributed by atoms with van der Waals surface area (Å²) in [7, 11) is 0. The third kappa shape index (κ3) is 2.03. The number of guanidine groups is 1. The molecule has 0 aliphatic carbocycles. The van der Waals surface area contributed by atoms with Crippen molar-refractivity contribution in [2.45, 2.75) is 13.0 Å². The zero-order chi connectivity index (χ0) is 11.5. The Morgan fingerprint density at radius 3 is 2.69 bits per heavy atom. The minimum atomic E-state index is -0.481. The molecule has 1 fully saturated rings. The lowest BCUT2D eigenvalue weighted by atomic mass is 10.1. The molecule has 0 spiro atoms. The predicted molar refractivity (Wildman–Crippen MR) is 58.4 cm³/mol. The van der Waals surface area contributed by atoms with E-state index in [1.807, 2.05) is 6.92 Å². The SMILES string of the molecule is CCN=C1NC(=O)C(c2ccc(F)cc2)N1. The molecule has 1 aromatic rings. The summed E-state index contributed by atoms with van der Waals surface area (Å²) in [6, 6.07) is 5.35. The second-order valence-electron chi connectivity index (χ2n) is 3.44. The fourth-order valence-electron chi connectivity index (χ4n) is 1.56. The van der Waals surface area contributed by atoms with Gasteiger partial charge in [-0.25, -0.2) is 4.39 Å². The predicted octanol–water partition coefficient (Wildman–Crippen LogP) is 0.962. The topological polar surface area (TPSA) is 53.5 Å². The van der Waals surface area contributed by atoms with Gasteiger partial charge < -0.3 is 5.32 Å². The second kappa shape index (κ2) is 4.30. The van der Waals surface area contributed by atoms with Crippen molar-refractivity contribution in [3.8, 4) is 0 Å². The smallest absolute Gasteiger partial charge is 0.253 e. The summed E-state index contributed by atoms with van der Waals surface area (Å²) in [4.78, 5) is 15.7. The van der Waals surface area contributed by atoms with Crippen molar-refractivity contribution in [1.82, 2.24) is 10.6 Å². The quantitative estimate of drug-likeness (QED) is 0.781. The number of rotatable bonds is 2. The lowest BCUT2D eigenvalue weighted by Crippen LogP contribution is -2.25. The van der Waals surface area contributed by atoms with Crippen LogP contribution in [0.2, 0.25) is 0 Å². The van der Waals surface area contributed by atoms with Gasteiger partial charge >= 0.3 is 0 Å². The normalized spacial score (nSPS) is 22.0. The fourth-order valence-corrected chi connectivity index (χ4v) is 1.56. The molecule has 1 saturated heterocycles. The molecule has 16 heavy (non-hydrogen) atoms. The van der Waals surface area contributed by atoms with Crippen molar-refractivity contribution in [3.63, 3.8) is 0 Å². The van der Waals surface area contributed by atoms with Gasteiger partial charge in [-0.15, -0.1) is 0 Å². The molecule has 4 nitrogen and oxygen atoms in total. The molecule has 0 aromatic heterocycles. The average molecular weight is 221 g/mol. The van der Waals surface area contributed by atoms with E-state index in [9.17, 15) is 9.18 Å². The van der Waals surface area contributed by atoms with Crippen LogP contribution in [0.25, 0.3) is 0 Å². The van der Waals surface area contributed by atoms with Crippen LogP contribution in [0.3, 0.4) is 0 Å². The van der Waals surface area contributed by atoms with E-state index < -0.39 is 6.04 Å². The first-order chi connectivity index (χ1) is 7.70. The molecule has 1 aromatic carbocycles. The Bertz CT molecular complexity index is 427. The molecule has 0 bridgehead atoms. The van der Waals surface area contributed by atoms with E-state index >= 15 is 0 Å². The van der Waals surface area contributed by atoms with Gasteiger partial charge in [-0.2, -0.15) is 0 Å². The Hall–Kier alpha value is -1.91. The second-order valence-corrected chi connectivity index (χ2v) is 3.44. The van der Waals surface area contributed by atoms with E-state index in [1.165, 1.54) is 12.1 Å². The molecule has 0 saturated carbocycles. The summed E-state index contributed by atoms with van der Waals surface area (Å²) >= 11 is 0. The Kier molecular flexibility index (Phi) is 2.85. The Morgan fingerprint density at radius 2 is 2.06 bits per heavy atom. The van der Waals surface area contributed by atoms with Crippen molar-refractivity contribution < 1.29 is 9.18 Å². The van der Waals surface area contributed by atoms with Gasteiger partial charge in [0.15, 0.2) is 5.96 Å². The molecule has 5 heteroatoms. The molecule has 1 heterocycles. The number of amides is 1. The van der Waals surface area contributed by atoms with Crippen LogP contribution in [0, 0.1) is 5.82 Å². The largest absolute Gasteiger partial charge is 0.340 e. The van der Waals surface area contributed by atoms with Gasteiger partial charge in [-0.3, -0.25) is 15.1 Å². The van der Waals surface area contributed by atoms with Gasteiger partial charge in [0.1, 0.15) is 11.9 Å². The number of nitrogens with zero attached hydrogens (tertiary/aromatic N) is 1. The fraction of sp³-hybridized carbons (Fsp3) is 0.273. The van der Waals surface area contributed by atoms with E-state index in [0.717, 1.165) is 5.56 Å². The van der Waals surface area contributed by atoms with E-state index in [1.54, 1.807) is 12.1 Å². The summed E-state index contributed by atoms with van der Waals surface area (Å²) in [5.41, 5.74) is 0.722. The zero-order valence-electron chi connectivity index (χ0n) is 8.83. The van der Waals surface area contributed by atoms with Crippen LogP contribution in [0.15, 0.2) is 29.3 Å². The number of hydrogen-bond donors (Lipinski definition) is 2. The van der Waals surface area contributed by atoms with Gasteiger partial charge in [0, 0.05) is 6.54 Å². The highest BCUT2D eigenvalue weighted by Gasteiger charge is 2.29. The van der Waals surface area contributed by atoms with Crippen molar-refractivity contribution in [3.05, 3.63) is 35.6 Å². The van der Waals surface area contributed by atoms with Gasteiger partial charge in [0.05, 0.1) is 0 Å². The first kappa shape index (κ1) is 10.6. The summed E-state index contributed by atoms with van der Waals surface area (Å²) in [6.45, 7) is 2.48. The maximum atomic E-state index is 12.7. The van der Waals surface area contributed by atoms with Gasteiger partial charge in [0.2, 0.25) is 0 Å². The molecule has 84 valence electrons. The molecule has 1 unspecified atom stereocenters. The van der Waals surface area contributed by atoms with E-state index in [-0.39, 0.29) is 11.7 Å². The molecule has 1 aliphatic rings. The first-order valence-electron chi connectivity index (χ1n) is 5.08. The molecule has 2 rings (SSSR count). The number of benzene rings is 1. The average Bonchev–Trinajstić information content (AvgIpc) is 2.61.